The van der Waals surface area contributed by atoms with Crippen LogP contribution in [0.4, 0.5) is 0 Å². The van der Waals surface area contributed by atoms with Crippen LogP contribution in [0.5, 0.6) is 0 Å². The Hall–Kier alpha value is -8.15. The molecule has 92 heavy (non-hydrogen) atoms. The number of rotatable bonds is 8. The van der Waals surface area contributed by atoms with Gasteiger partial charge in [0.1, 0.15) is 35.2 Å². The quantitative estimate of drug-likeness (QED) is 0.135. The summed E-state index contributed by atoms with van der Waals surface area (Å²) in [5.41, 5.74) is 28.0. The number of hydrogen-bond acceptors (Lipinski definition) is 0. The van der Waals surface area contributed by atoms with E-state index < -0.39 is 51.5 Å². The summed E-state index contributed by atoms with van der Waals surface area (Å²) in [5.74, 6) is -0.423. The van der Waals surface area contributed by atoms with E-state index in [0.29, 0.717) is 11.4 Å². The third-order valence-electron chi connectivity index (χ3n) is 16.8. The average molecular weight is 1250 g/mol. The Kier molecular flexibility index (Phi) is 17.9. The van der Waals surface area contributed by atoms with E-state index >= 15 is 0 Å². The lowest BCUT2D eigenvalue weighted by atomic mass is 9.86. The van der Waals surface area contributed by atoms with Crippen LogP contribution in [0.3, 0.4) is 0 Å². The zero-order valence-electron chi connectivity index (χ0n) is 75.7. The monoisotopic (exact) mass is 1250 g/mol. The first kappa shape index (κ1) is 52.4. The van der Waals surface area contributed by atoms with E-state index in [4.69, 9.17) is 21.9 Å². The van der Waals surface area contributed by atoms with Crippen LogP contribution >= 0.6 is 0 Å². The van der Waals surface area contributed by atoms with E-state index in [-0.39, 0.29) is 33.4 Å². The Morgan fingerprint density at radius 2 is 0.728 bits per heavy atom. The molecule has 5 nitrogen and oxygen atoms in total. The maximum atomic E-state index is 8.67. The van der Waals surface area contributed by atoms with E-state index in [1.54, 1.807) is 108 Å². The molecule has 0 amide bonds. The summed E-state index contributed by atoms with van der Waals surface area (Å²) in [6.07, 6.45) is 5.65. The molecule has 5 aromatic carbocycles. The van der Waals surface area contributed by atoms with E-state index in [0.717, 1.165) is 22.3 Å². The molecule has 0 bridgehead atoms. The van der Waals surface area contributed by atoms with Crippen molar-refractivity contribution in [2.75, 3.05) is 0 Å². The van der Waals surface area contributed by atoms with Crippen molar-refractivity contribution in [1.82, 2.24) is 0 Å². The predicted molar refractivity (Wildman–Crippen MR) is 392 cm³/mol. The first-order chi connectivity index (χ1) is 49.4. The molecular formula is C87H114N5+5. The van der Waals surface area contributed by atoms with Crippen LogP contribution in [0.1, 0.15) is 168 Å². The summed E-state index contributed by atoms with van der Waals surface area (Å²) in [6, 6.07) is 39.3. The second kappa shape index (κ2) is 31.4. The van der Waals surface area contributed by atoms with Crippen molar-refractivity contribution in [3.63, 3.8) is 0 Å². The fourth-order valence-corrected chi connectivity index (χ4v) is 11.6. The second-order valence-electron chi connectivity index (χ2n) is 26.7. The SMILES string of the molecule is Cc1cc(C)c(C)c(-c2cc(C)c(C)c[n+]2C)c1.Cc1cc(C)c(C)c(-c2ccc(C)c[n+]2C)c1.Cc1cc(C)c(C)c(-c2cccc[n+]2C)c1.[2H]C([2H])([2H])c1ccc(-c2cc(C([2H])([2H])C(C)(C)C)c(C([2H])([2H])[2H])c[n+]2C)c(C)c1.[2H]C([2H])([2H])c1ccc(-c2cc(C([2H])([2H])C(C)C)c(C([2H])([2H])[2H])c[n+]2C)c(C)c1. The van der Waals surface area contributed by atoms with Crippen molar-refractivity contribution in [3.8, 4) is 56.3 Å². The van der Waals surface area contributed by atoms with Gasteiger partial charge in [-0.15, -0.1) is 0 Å². The van der Waals surface area contributed by atoms with Gasteiger partial charge in [-0.3, -0.25) is 0 Å². The second-order valence-corrected chi connectivity index (χ2v) is 26.7. The molecule has 5 aromatic heterocycles. The van der Waals surface area contributed by atoms with E-state index in [2.05, 4.69) is 209 Å². The molecule has 482 valence electrons. The molecule has 10 rings (SSSR count). The van der Waals surface area contributed by atoms with Gasteiger partial charge in [0, 0.05) is 108 Å². The summed E-state index contributed by atoms with van der Waals surface area (Å²) in [7, 11) is 9.74. The third kappa shape index (κ3) is 19.2. The lowest BCUT2D eigenvalue weighted by Crippen LogP contribution is -2.32. The molecule has 10 aromatic rings. The lowest BCUT2D eigenvalue weighted by Gasteiger charge is -2.19. The Labute approximate surface area is 580 Å². The van der Waals surface area contributed by atoms with Crippen molar-refractivity contribution >= 4 is 0 Å². The van der Waals surface area contributed by atoms with Gasteiger partial charge in [-0.05, 0) is 252 Å². The highest BCUT2D eigenvalue weighted by Crippen LogP contribution is 2.31. The molecule has 0 aliphatic rings. The lowest BCUT2D eigenvalue weighted by molar-refractivity contribution is -0.660. The van der Waals surface area contributed by atoms with Gasteiger partial charge in [0.05, 0.1) is 0 Å². The molecule has 0 atom stereocenters. The molecular weight excluding hydrogens is 1110 g/mol. The van der Waals surface area contributed by atoms with Crippen LogP contribution in [0.15, 0.2) is 152 Å². The molecule has 0 saturated heterocycles. The van der Waals surface area contributed by atoms with Gasteiger partial charge < -0.3 is 0 Å². The Balaban J connectivity index is 0.000000216. The minimum Gasteiger partial charge on any atom is -0.201 e. The van der Waals surface area contributed by atoms with Crippen LogP contribution in [0.2, 0.25) is 0 Å². The number of aromatic nitrogens is 5. The Morgan fingerprint density at radius 3 is 1.14 bits per heavy atom. The normalized spacial score (nSPS) is 14.4. The molecule has 5 heteroatoms. The molecule has 0 spiro atoms. The molecule has 0 N–H and O–H groups in total. The highest BCUT2D eigenvalue weighted by Gasteiger charge is 2.22. The zero-order chi connectivity index (χ0) is 82.0. The molecule has 0 unspecified atom stereocenters. The maximum absolute atomic E-state index is 8.67. The smallest absolute Gasteiger partial charge is 0.201 e. The number of aryl methyl sites for hydroxylation is 20. The Bertz CT molecular complexity index is 4930. The van der Waals surface area contributed by atoms with Gasteiger partial charge in [-0.2, -0.15) is 0 Å². The zero-order valence-corrected chi connectivity index (χ0v) is 59.7. The van der Waals surface area contributed by atoms with Gasteiger partial charge in [0.25, 0.3) is 0 Å². The molecule has 0 saturated carbocycles. The van der Waals surface area contributed by atoms with Crippen molar-refractivity contribution in [1.29, 1.82) is 0 Å². The first-order valence-corrected chi connectivity index (χ1v) is 31.9. The van der Waals surface area contributed by atoms with E-state index in [9.17, 15) is 0 Å². The van der Waals surface area contributed by atoms with Crippen molar-refractivity contribution < 1.29 is 44.8 Å². The molecule has 0 radical (unpaired) electrons. The van der Waals surface area contributed by atoms with Gasteiger partial charge in [-0.25, -0.2) is 22.8 Å². The summed E-state index contributed by atoms with van der Waals surface area (Å²) in [6.45, 7) is 28.9. The predicted octanol–water partition coefficient (Wildman–Crippen LogP) is 19.2. The largest absolute Gasteiger partial charge is 0.212 e. The van der Waals surface area contributed by atoms with E-state index in [1.165, 1.54) is 125 Å². The molecule has 5 heterocycles. The minimum absolute atomic E-state index is 0.0192. The summed E-state index contributed by atoms with van der Waals surface area (Å²) in [4.78, 5) is 0. The van der Waals surface area contributed by atoms with Gasteiger partial charge in [0.2, 0.25) is 28.5 Å². The number of hydrogen-bond donors (Lipinski definition) is 0. The molecule has 0 aliphatic carbocycles. The topological polar surface area (TPSA) is 19.4 Å². The van der Waals surface area contributed by atoms with Crippen LogP contribution in [0, 0.1) is 136 Å². The van der Waals surface area contributed by atoms with Crippen molar-refractivity contribution in [2.45, 2.75) is 172 Å². The van der Waals surface area contributed by atoms with Gasteiger partial charge >= 0.3 is 0 Å². The summed E-state index contributed by atoms with van der Waals surface area (Å²) in [5, 5.41) is 0. The maximum Gasteiger partial charge on any atom is 0.212 e. The van der Waals surface area contributed by atoms with Crippen molar-refractivity contribution in [3.05, 3.63) is 264 Å². The highest BCUT2D eigenvalue weighted by atomic mass is 14.9. The van der Waals surface area contributed by atoms with Crippen LogP contribution in [-0.4, -0.2) is 0 Å². The van der Waals surface area contributed by atoms with E-state index in [1.807, 2.05) is 0 Å². The highest BCUT2D eigenvalue weighted by molar-refractivity contribution is 5.67. The van der Waals surface area contributed by atoms with Crippen LogP contribution < -0.4 is 22.8 Å². The average Bonchev–Trinajstić information content (AvgIpc) is 0.756. The number of pyridine rings is 5. The van der Waals surface area contributed by atoms with Crippen LogP contribution in [0.25, 0.3) is 56.3 Å². The third-order valence-corrected chi connectivity index (χ3v) is 16.8. The van der Waals surface area contributed by atoms with Crippen LogP contribution in [-0.2, 0) is 48.0 Å². The Morgan fingerprint density at radius 1 is 0.337 bits per heavy atom. The molecule has 0 fully saturated rings. The first-order valence-electron chi connectivity index (χ1n) is 39.9. The van der Waals surface area contributed by atoms with Crippen molar-refractivity contribution in [2.24, 2.45) is 46.6 Å². The standard InChI is InChI=1S/C20H28N.C19H26N.C17H22N.C16H20N.C15H18N/c1-14-8-9-18(15(2)10-14)19-11-17(12-20(4,5)6)16(3)13-21(19)7;1-13(2)9-17-11-19(20(6)12-16(17)5)18-8-7-14(3)10-15(18)4;1-11-7-13(3)15(5)16(8-11)17-9-12(2)14(4)10-18(17)6;1-11-6-7-16(17(5)10-11)15-9-12(2)8-13(3)14(15)4;1-11-9-12(2)13(3)14(10-11)15-7-5-6-8-16(15)4/h8-11,13H,12H2,1-7H3;7-8,10-13H,9H2,1-6H3;7-10H,1-6H3;6-10H,1-5H3;5-10H,1-4H3/q5*+1/i1D3,3D3,12D2;3D3,5D3,9D2;;;. The minimum atomic E-state index is -2.47. The summed E-state index contributed by atoms with van der Waals surface area (Å²) < 4.78 is 137. The fraction of sp³-hybridized carbons (Fsp3) is 0.368. The fourth-order valence-electron chi connectivity index (χ4n) is 11.6. The summed E-state index contributed by atoms with van der Waals surface area (Å²) >= 11 is 0. The number of nitrogens with zero attached hydrogens (tertiary/aromatic N) is 5. The van der Waals surface area contributed by atoms with Gasteiger partial charge in [0.15, 0.2) is 31.0 Å². The molecule has 0 aliphatic heterocycles. The van der Waals surface area contributed by atoms with Gasteiger partial charge in [-0.1, -0.05) is 105 Å². The number of benzene rings is 5.